The van der Waals surface area contributed by atoms with E-state index in [1.165, 1.54) is 0 Å². The molecule has 0 atom stereocenters. The Morgan fingerprint density at radius 2 is 2.38 bits per heavy atom. The van der Waals surface area contributed by atoms with Crippen molar-refractivity contribution < 1.29 is 4.79 Å². The van der Waals surface area contributed by atoms with E-state index in [9.17, 15) is 4.79 Å². The minimum absolute atomic E-state index is 0.0136. The van der Waals surface area contributed by atoms with Crippen LogP contribution in [0.3, 0.4) is 0 Å². The van der Waals surface area contributed by atoms with Gasteiger partial charge in [-0.2, -0.15) is 5.10 Å². The molecule has 0 bridgehead atoms. The van der Waals surface area contributed by atoms with E-state index in [4.69, 9.17) is 0 Å². The molecular formula is C11H15BrN2OS. The third-order valence-corrected chi connectivity index (χ3v) is 3.54. The van der Waals surface area contributed by atoms with Gasteiger partial charge >= 0.3 is 0 Å². The maximum absolute atomic E-state index is 11.3. The van der Waals surface area contributed by atoms with Crippen molar-refractivity contribution in [2.45, 2.75) is 32.6 Å². The first kappa shape index (κ1) is 13.4. The van der Waals surface area contributed by atoms with E-state index in [1.54, 1.807) is 17.6 Å². The van der Waals surface area contributed by atoms with E-state index in [-0.39, 0.29) is 5.91 Å². The Morgan fingerprint density at radius 3 is 3.00 bits per heavy atom. The summed E-state index contributed by atoms with van der Waals surface area (Å²) in [6.07, 6.45) is 5.36. The van der Waals surface area contributed by atoms with Gasteiger partial charge < -0.3 is 0 Å². The Morgan fingerprint density at radius 1 is 1.56 bits per heavy atom. The van der Waals surface area contributed by atoms with Crippen molar-refractivity contribution in [3.05, 3.63) is 20.8 Å². The van der Waals surface area contributed by atoms with Gasteiger partial charge in [-0.25, -0.2) is 5.43 Å². The van der Waals surface area contributed by atoms with Crippen LogP contribution in [-0.2, 0) is 4.79 Å². The number of carbonyl (C=O) groups is 1. The molecule has 16 heavy (non-hydrogen) atoms. The van der Waals surface area contributed by atoms with Gasteiger partial charge in [0, 0.05) is 11.3 Å². The first-order valence-electron chi connectivity index (χ1n) is 5.29. The van der Waals surface area contributed by atoms with E-state index >= 15 is 0 Å². The van der Waals surface area contributed by atoms with Gasteiger partial charge in [-0.3, -0.25) is 4.79 Å². The van der Waals surface area contributed by atoms with Crippen molar-refractivity contribution >= 4 is 39.4 Å². The van der Waals surface area contributed by atoms with Gasteiger partial charge in [-0.15, -0.1) is 11.3 Å². The van der Waals surface area contributed by atoms with Crippen molar-refractivity contribution in [1.29, 1.82) is 0 Å². The fraction of sp³-hybridized carbons (Fsp3) is 0.455. The zero-order valence-corrected chi connectivity index (χ0v) is 11.6. The molecule has 0 saturated carbocycles. The van der Waals surface area contributed by atoms with Gasteiger partial charge in [0.25, 0.3) is 0 Å². The Kier molecular flexibility index (Phi) is 6.33. The quantitative estimate of drug-likeness (QED) is 0.487. The van der Waals surface area contributed by atoms with E-state index < -0.39 is 0 Å². The largest absolute Gasteiger partial charge is 0.273 e. The molecule has 0 spiro atoms. The van der Waals surface area contributed by atoms with Crippen molar-refractivity contribution in [2.24, 2.45) is 5.10 Å². The maximum atomic E-state index is 11.3. The highest BCUT2D eigenvalue weighted by Gasteiger charge is 1.98. The normalized spacial score (nSPS) is 10.9. The van der Waals surface area contributed by atoms with E-state index in [1.807, 2.05) is 12.1 Å². The lowest BCUT2D eigenvalue weighted by atomic mass is 10.2. The molecule has 1 rings (SSSR count). The van der Waals surface area contributed by atoms with Gasteiger partial charge in [-0.1, -0.05) is 19.8 Å². The molecule has 0 saturated heterocycles. The molecule has 1 amide bonds. The number of carbonyl (C=O) groups excluding carboxylic acids is 1. The lowest BCUT2D eigenvalue weighted by Crippen LogP contribution is -2.16. The number of rotatable bonds is 6. The molecule has 1 aromatic heterocycles. The number of hydrazone groups is 1. The molecule has 3 nitrogen and oxygen atoms in total. The van der Waals surface area contributed by atoms with Crippen LogP contribution in [0.4, 0.5) is 0 Å². The Balaban J connectivity index is 2.23. The molecule has 0 unspecified atom stereocenters. The highest BCUT2D eigenvalue weighted by Crippen LogP contribution is 2.20. The number of unbranched alkanes of at least 4 members (excludes halogenated alkanes) is 2. The number of hydrogen-bond acceptors (Lipinski definition) is 3. The summed E-state index contributed by atoms with van der Waals surface area (Å²) in [7, 11) is 0. The molecule has 1 N–H and O–H groups in total. The van der Waals surface area contributed by atoms with Gasteiger partial charge in [0.2, 0.25) is 5.91 Å². The summed E-state index contributed by atoms with van der Waals surface area (Å²) in [4.78, 5) is 12.3. The highest BCUT2D eigenvalue weighted by atomic mass is 79.9. The number of nitrogens with zero attached hydrogens (tertiary/aromatic N) is 1. The van der Waals surface area contributed by atoms with Crippen LogP contribution in [-0.4, -0.2) is 12.1 Å². The lowest BCUT2D eigenvalue weighted by Gasteiger charge is -1.97. The van der Waals surface area contributed by atoms with Crippen LogP contribution >= 0.6 is 27.3 Å². The van der Waals surface area contributed by atoms with E-state index in [0.717, 1.165) is 27.9 Å². The molecule has 0 radical (unpaired) electrons. The van der Waals surface area contributed by atoms with Crippen LogP contribution in [0.5, 0.6) is 0 Å². The second-order valence-corrected chi connectivity index (χ2v) is 5.89. The number of hydrogen-bond donors (Lipinski definition) is 1. The van der Waals surface area contributed by atoms with Crippen molar-refractivity contribution in [1.82, 2.24) is 5.43 Å². The minimum Gasteiger partial charge on any atom is -0.273 e. The number of nitrogens with one attached hydrogen (secondary N) is 1. The summed E-state index contributed by atoms with van der Waals surface area (Å²) < 4.78 is 1.06. The lowest BCUT2D eigenvalue weighted by molar-refractivity contribution is -0.121. The molecule has 0 aliphatic carbocycles. The minimum atomic E-state index is -0.0136. The summed E-state index contributed by atoms with van der Waals surface area (Å²) in [5.74, 6) is -0.0136. The molecule has 88 valence electrons. The topological polar surface area (TPSA) is 41.5 Å². The summed E-state index contributed by atoms with van der Waals surface area (Å²) in [6.45, 7) is 2.12. The third kappa shape index (κ3) is 5.42. The maximum Gasteiger partial charge on any atom is 0.240 e. The van der Waals surface area contributed by atoms with E-state index in [2.05, 4.69) is 33.4 Å². The fourth-order valence-corrected chi connectivity index (χ4v) is 2.45. The van der Waals surface area contributed by atoms with Crippen molar-refractivity contribution in [3.63, 3.8) is 0 Å². The van der Waals surface area contributed by atoms with Crippen LogP contribution in [0.1, 0.15) is 37.5 Å². The van der Waals surface area contributed by atoms with Crippen LogP contribution in [0.2, 0.25) is 0 Å². The van der Waals surface area contributed by atoms with Gasteiger partial charge in [-0.05, 0) is 34.5 Å². The average molecular weight is 303 g/mol. The van der Waals surface area contributed by atoms with Crippen molar-refractivity contribution in [3.8, 4) is 0 Å². The molecule has 1 aromatic rings. The monoisotopic (exact) mass is 302 g/mol. The Hall–Kier alpha value is -0.680. The fourth-order valence-electron chi connectivity index (χ4n) is 1.16. The third-order valence-electron chi connectivity index (χ3n) is 1.98. The van der Waals surface area contributed by atoms with Crippen LogP contribution in [0.15, 0.2) is 21.0 Å². The summed E-state index contributed by atoms with van der Waals surface area (Å²) in [6, 6.07) is 3.90. The predicted octanol–water partition coefficient (Wildman–Crippen LogP) is 3.54. The Bertz CT molecular complexity index is 363. The van der Waals surface area contributed by atoms with Gasteiger partial charge in [0.1, 0.15) is 0 Å². The smallest absolute Gasteiger partial charge is 0.240 e. The zero-order valence-electron chi connectivity index (χ0n) is 9.20. The van der Waals surface area contributed by atoms with Crippen LogP contribution < -0.4 is 5.43 Å². The first-order chi connectivity index (χ1) is 7.72. The second-order valence-electron chi connectivity index (χ2n) is 3.39. The van der Waals surface area contributed by atoms with Crippen LogP contribution in [0.25, 0.3) is 0 Å². The van der Waals surface area contributed by atoms with Gasteiger partial charge in [0.15, 0.2) is 0 Å². The number of thiophene rings is 1. The molecule has 1 heterocycles. The SMILES string of the molecule is CCCCCC(=O)N/N=C\c1ccc(Br)s1. The summed E-state index contributed by atoms with van der Waals surface area (Å²) in [5.41, 5.74) is 2.52. The van der Waals surface area contributed by atoms with Crippen molar-refractivity contribution in [2.75, 3.05) is 0 Å². The molecule has 0 aliphatic heterocycles. The van der Waals surface area contributed by atoms with Crippen LogP contribution in [0, 0.1) is 0 Å². The molecule has 0 fully saturated rings. The standard InChI is InChI=1S/C11H15BrN2OS/c1-2-3-4-5-11(15)14-13-8-9-6-7-10(12)16-9/h6-8H,2-5H2,1H3,(H,14,15)/b13-8-. The molecule has 5 heteroatoms. The molecule has 0 aromatic carbocycles. The molecular weight excluding hydrogens is 288 g/mol. The summed E-state index contributed by atoms with van der Waals surface area (Å²) in [5, 5.41) is 3.90. The number of halogens is 1. The Labute approximate surface area is 108 Å². The number of amides is 1. The highest BCUT2D eigenvalue weighted by molar-refractivity contribution is 9.11. The average Bonchev–Trinajstić information content (AvgIpc) is 2.65. The summed E-state index contributed by atoms with van der Waals surface area (Å²) >= 11 is 4.94. The van der Waals surface area contributed by atoms with E-state index in [0.29, 0.717) is 6.42 Å². The van der Waals surface area contributed by atoms with Gasteiger partial charge in [0.05, 0.1) is 10.0 Å². The first-order valence-corrected chi connectivity index (χ1v) is 6.90. The zero-order chi connectivity index (χ0) is 11.8. The predicted molar refractivity (Wildman–Crippen MR) is 71.9 cm³/mol. The molecule has 0 aliphatic rings. The second kappa shape index (κ2) is 7.57.